The van der Waals surface area contributed by atoms with Crippen LogP contribution < -0.4 is 10.2 Å². The molecule has 0 aliphatic rings. The van der Waals surface area contributed by atoms with Crippen LogP contribution in [0.25, 0.3) is 0 Å². The molecule has 0 bridgehead atoms. The second-order valence-corrected chi connectivity index (χ2v) is 0.250. The Morgan fingerprint density at radius 2 is 1.40 bits per heavy atom. The molecule has 0 fully saturated rings. The van der Waals surface area contributed by atoms with Crippen LogP contribution in [0.15, 0.2) is 0 Å². The van der Waals surface area contributed by atoms with Crippen LogP contribution in [0.5, 0.6) is 0 Å². The van der Waals surface area contributed by atoms with E-state index in [-0.39, 0.29) is 16.8 Å². The number of carbonyl (C=O) groups is 1. The molecule has 33 valence electrons. The molecular formula is CCoO3-2. The van der Waals surface area contributed by atoms with E-state index in [1.165, 1.54) is 0 Å². The Hall–Kier alpha value is -0.224. The summed E-state index contributed by atoms with van der Waals surface area (Å²) in [4.78, 5) is 8.33. The van der Waals surface area contributed by atoms with Crippen LogP contribution in [0.2, 0.25) is 0 Å². The fraction of sp³-hybridized carbons (Fsp3) is 0. The molecule has 0 unspecified atom stereocenters. The zero-order valence-corrected chi connectivity index (χ0v) is 3.10. The second kappa shape index (κ2) is 3.78. The molecule has 0 amide bonds. The van der Waals surface area contributed by atoms with E-state index in [4.69, 9.17) is 15.0 Å². The molecule has 0 N–H and O–H groups in total. The van der Waals surface area contributed by atoms with Crippen molar-refractivity contribution in [3.8, 4) is 0 Å². The number of hydrogen-bond donors (Lipinski definition) is 0. The fourth-order valence-corrected chi connectivity index (χ4v) is 0. The molecule has 0 aromatic heterocycles. The summed E-state index contributed by atoms with van der Waals surface area (Å²) in [5.74, 6) is 0. The summed E-state index contributed by atoms with van der Waals surface area (Å²) in [6.07, 6.45) is -2.33. The fourth-order valence-electron chi connectivity index (χ4n) is 0. The van der Waals surface area contributed by atoms with Gasteiger partial charge < -0.3 is 15.0 Å². The smallest absolute Gasteiger partial charge is 0 e. The molecule has 0 saturated carbocycles. The summed E-state index contributed by atoms with van der Waals surface area (Å²) in [5, 5.41) is 16.7. The van der Waals surface area contributed by atoms with E-state index < -0.39 is 6.16 Å². The summed E-state index contributed by atoms with van der Waals surface area (Å²) in [5.41, 5.74) is 0. The van der Waals surface area contributed by atoms with Crippen LogP contribution in [0, 0.1) is 0 Å². The summed E-state index contributed by atoms with van der Waals surface area (Å²) in [6, 6.07) is 0. The van der Waals surface area contributed by atoms with Gasteiger partial charge in [-0.2, -0.15) is 0 Å². The van der Waals surface area contributed by atoms with Crippen molar-refractivity contribution >= 4 is 6.16 Å². The van der Waals surface area contributed by atoms with Crippen molar-refractivity contribution < 1.29 is 31.8 Å². The summed E-state index contributed by atoms with van der Waals surface area (Å²) >= 11 is 0. The molecule has 3 nitrogen and oxygen atoms in total. The zero-order chi connectivity index (χ0) is 3.58. The van der Waals surface area contributed by atoms with E-state index in [1.54, 1.807) is 0 Å². The Morgan fingerprint density at radius 3 is 1.40 bits per heavy atom. The minimum Gasteiger partial charge on any atom is -0.652 e. The predicted molar refractivity (Wildman–Crippen MR) is 5.40 cm³/mol. The van der Waals surface area contributed by atoms with Gasteiger partial charge in [0.2, 0.25) is 0 Å². The van der Waals surface area contributed by atoms with Gasteiger partial charge in [-0.15, -0.1) is 0 Å². The third-order valence-electron chi connectivity index (χ3n) is 0. The third-order valence-corrected chi connectivity index (χ3v) is 0. The molecule has 5 heavy (non-hydrogen) atoms. The summed E-state index contributed by atoms with van der Waals surface area (Å²) in [7, 11) is 0. The number of carbonyl (C=O) groups excluding carboxylic acids is 1. The first kappa shape index (κ1) is 8.84. The SMILES string of the molecule is O=C([O-])[O-].[Co]. The van der Waals surface area contributed by atoms with Crippen molar-refractivity contribution in [1.82, 2.24) is 0 Å². The average Bonchev–Trinajstić information content (AvgIpc) is 0.811. The van der Waals surface area contributed by atoms with E-state index in [9.17, 15) is 0 Å². The van der Waals surface area contributed by atoms with Gasteiger partial charge in [-0.05, 0) is 6.16 Å². The first-order chi connectivity index (χ1) is 1.73. The molecule has 0 aromatic carbocycles. The molecular weight excluding hydrogens is 119 g/mol. The monoisotopic (exact) mass is 119 g/mol. The van der Waals surface area contributed by atoms with Gasteiger partial charge in [0, 0.05) is 16.8 Å². The Bertz CT molecular complexity index is 29.9. The average molecular weight is 119 g/mol. The Morgan fingerprint density at radius 1 is 1.40 bits per heavy atom. The van der Waals surface area contributed by atoms with E-state index in [2.05, 4.69) is 0 Å². The molecule has 0 aliphatic heterocycles. The van der Waals surface area contributed by atoms with E-state index >= 15 is 0 Å². The molecule has 0 spiro atoms. The van der Waals surface area contributed by atoms with Crippen molar-refractivity contribution in [2.45, 2.75) is 0 Å². The van der Waals surface area contributed by atoms with E-state index in [0.29, 0.717) is 0 Å². The van der Waals surface area contributed by atoms with Crippen LogP contribution in [-0.4, -0.2) is 6.16 Å². The normalized spacial score (nSPS) is 4.80. The van der Waals surface area contributed by atoms with Crippen molar-refractivity contribution in [3.63, 3.8) is 0 Å². The topological polar surface area (TPSA) is 63.2 Å². The van der Waals surface area contributed by atoms with Gasteiger partial charge >= 0.3 is 0 Å². The molecule has 0 saturated heterocycles. The van der Waals surface area contributed by atoms with Gasteiger partial charge in [0.15, 0.2) is 0 Å². The number of hydrogen-bond acceptors (Lipinski definition) is 3. The third kappa shape index (κ3) is 239. The Kier molecular flexibility index (Phi) is 6.67. The Labute approximate surface area is 38.8 Å². The van der Waals surface area contributed by atoms with Crippen LogP contribution in [-0.2, 0) is 16.8 Å². The maximum atomic E-state index is 8.33. The minimum atomic E-state index is -2.33. The predicted octanol–water partition coefficient (Wildman–Crippen LogP) is -2.45. The molecule has 1 radical (unpaired) electrons. The molecule has 4 heteroatoms. The van der Waals surface area contributed by atoms with Crippen molar-refractivity contribution in [2.75, 3.05) is 0 Å². The standard InChI is InChI=1S/CH2O3.Co/c2-1(3)4;/h(H2,2,3,4);/p-2. The maximum Gasteiger partial charge on any atom is 0 e. The number of carboxylic acid groups (broad SMARTS) is 2. The van der Waals surface area contributed by atoms with E-state index in [1.807, 2.05) is 0 Å². The van der Waals surface area contributed by atoms with Gasteiger partial charge in [-0.25, -0.2) is 0 Å². The van der Waals surface area contributed by atoms with Crippen LogP contribution >= 0.6 is 0 Å². The quantitative estimate of drug-likeness (QED) is 0.355. The minimum absolute atomic E-state index is 0. The van der Waals surface area contributed by atoms with Crippen molar-refractivity contribution in [3.05, 3.63) is 0 Å². The first-order valence-electron chi connectivity index (χ1n) is 0.612. The summed E-state index contributed by atoms with van der Waals surface area (Å²) < 4.78 is 0. The maximum absolute atomic E-state index is 8.33. The molecule has 0 aliphatic carbocycles. The van der Waals surface area contributed by atoms with Crippen molar-refractivity contribution in [2.24, 2.45) is 0 Å². The largest absolute Gasteiger partial charge is 0.652 e. The van der Waals surface area contributed by atoms with Crippen LogP contribution in [0.1, 0.15) is 0 Å². The van der Waals surface area contributed by atoms with Gasteiger partial charge in [0.1, 0.15) is 0 Å². The molecule has 0 rings (SSSR count). The van der Waals surface area contributed by atoms with Crippen LogP contribution in [0.4, 0.5) is 4.79 Å². The first-order valence-corrected chi connectivity index (χ1v) is 0.612. The van der Waals surface area contributed by atoms with Crippen LogP contribution in [0.3, 0.4) is 0 Å². The van der Waals surface area contributed by atoms with Gasteiger partial charge in [0.25, 0.3) is 0 Å². The summed E-state index contributed by atoms with van der Waals surface area (Å²) in [6.45, 7) is 0. The molecule has 0 atom stereocenters. The van der Waals surface area contributed by atoms with Gasteiger partial charge in [-0.1, -0.05) is 0 Å². The van der Waals surface area contributed by atoms with Crippen molar-refractivity contribution in [1.29, 1.82) is 0 Å². The van der Waals surface area contributed by atoms with Gasteiger partial charge in [0.05, 0.1) is 0 Å². The van der Waals surface area contributed by atoms with E-state index in [0.717, 1.165) is 0 Å². The molecule has 0 aromatic rings. The second-order valence-electron chi connectivity index (χ2n) is 0.250. The molecule has 0 heterocycles. The zero-order valence-electron chi connectivity index (χ0n) is 2.06. The van der Waals surface area contributed by atoms with Gasteiger partial charge in [-0.3, -0.25) is 0 Å². The number of rotatable bonds is 0. The Balaban J connectivity index is 0.